The number of amides is 1. The number of likely N-dealkylation sites (tertiary alicyclic amines) is 1. The van der Waals surface area contributed by atoms with Crippen LogP contribution in [0.1, 0.15) is 110 Å². The van der Waals surface area contributed by atoms with E-state index in [0.29, 0.717) is 24.4 Å². The van der Waals surface area contributed by atoms with E-state index >= 15 is 0 Å². The minimum atomic E-state index is -0.904. The molecule has 1 aromatic carbocycles. The van der Waals surface area contributed by atoms with Gasteiger partial charge in [0.2, 0.25) is 0 Å². The summed E-state index contributed by atoms with van der Waals surface area (Å²) < 4.78 is 31.4. The maximum Gasteiger partial charge on any atom is 0.412 e. The molecule has 0 aromatic heterocycles. The third-order valence-corrected chi connectivity index (χ3v) is 8.90. The molecular formula is C35H56N2O8. The Morgan fingerprint density at radius 2 is 1.60 bits per heavy atom. The van der Waals surface area contributed by atoms with Crippen molar-refractivity contribution >= 4 is 17.7 Å². The summed E-state index contributed by atoms with van der Waals surface area (Å²) >= 11 is 0. The van der Waals surface area contributed by atoms with Crippen LogP contribution in [-0.2, 0) is 34.9 Å². The summed E-state index contributed by atoms with van der Waals surface area (Å²) in [4.78, 5) is 26.5. The fourth-order valence-electron chi connectivity index (χ4n) is 6.57. The van der Waals surface area contributed by atoms with Gasteiger partial charge in [0.25, 0.3) is 0 Å². The number of unbranched alkanes of at least 4 members (excludes halogenated alkanes) is 9. The van der Waals surface area contributed by atoms with E-state index in [2.05, 4.69) is 17.1 Å². The average Bonchev–Trinajstić information content (AvgIpc) is 3.48. The van der Waals surface area contributed by atoms with Crippen LogP contribution in [0, 0.1) is 0 Å². The number of anilines is 1. The Morgan fingerprint density at radius 3 is 2.24 bits per heavy atom. The van der Waals surface area contributed by atoms with Gasteiger partial charge in [-0.3, -0.25) is 15.0 Å². The number of carboxylic acid groups (broad SMARTS) is 1. The minimum Gasteiger partial charge on any atom is -0.481 e. The number of nitrogens with zero attached hydrogens (tertiary/aromatic N) is 1. The second-order valence-electron chi connectivity index (χ2n) is 13.3. The number of hydrogen-bond donors (Lipinski definition) is 2. The number of piperidine rings is 1. The van der Waals surface area contributed by atoms with Gasteiger partial charge in [-0.2, -0.15) is 0 Å². The molecule has 0 spiro atoms. The van der Waals surface area contributed by atoms with Crippen LogP contribution in [0.25, 0.3) is 0 Å². The predicted octanol–water partition coefficient (Wildman–Crippen LogP) is 6.90. The van der Waals surface area contributed by atoms with Gasteiger partial charge in [0, 0.05) is 18.8 Å². The highest BCUT2D eigenvalue weighted by atomic mass is 16.8. The number of nitrogens with one attached hydrogen (secondary N) is 1. The molecule has 254 valence electrons. The Morgan fingerprint density at radius 1 is 0.956 bits per heavy atom. The van der Waals surface area contributed by atoms with Crippen LogP contribution in [0.2, 0.25) is 0 Å². The number of benzene rings is 1. The number of rotatable bonds is 19. The van der Waals surface area contributed by atoms with Crippen molar-refractivity contribution in [3.63, 3.8) is 0 Å². The quantitative estimate of drug-likeness (QED) is 0.157. The largest absolute Gasteiger partial charge is 0.481 e. The standard InChI is InChI=1S/C35H56N2O8/c1-4-5-6-7-8-9-10-11-12-16-23-41-31-30(43-33-32(31)44-35(2,3)45-33)28(25-37-21-14-13-15-22-37)42-34(40)36-27-19-17-26(18-20-27)24-29(38)39/h17-20,28,30-33H,4-16,21-25H2,1-3H3,(H,36,40)(H,38,39)/t28-,30-,31+,32-,33-/m1/s1. The second-order valence-corrected chi connectivity index (χ2v) is 13.3. The van der Waals surface area contributed by atoms with Gasteiger partial charge < -0.3 is 28.8 Å². The lowest BCUT2D eigenvalue weighted by Crippen LogP contribution is -2.50. The third kappa shape index (κ3) is 11.8. The molecule has 3 saturated heterocycles. The van der Waals surface area contributed by atoms with Crippen LogP contribution in [0.3, 0.4) is 0 Å². The summed E-state index contributed by atoms with van der Waals surface area (Å²) in [6, 6.07) is 6.73. The molecule has 3 aliphatic heterocycles. The van der Waals surface area contributed by atoms with Gasteiger partial charge >= 0.3 is 12.1 Å². The number of ether oxygens (including phenoxy) is 5. The van der Waals surface area contributed by atoms with Gasteiger partial charge in [-0.25, -0.2) is 4.79 Å². The Bertz CT molecular complexity index is 1030. The highest BCUT2D eigenvalue weighted by Gasteiger charge is 2.58. The van der Waals surface area contributed by atoms with Gasteiger partial charge in [0.15, 0.2) is 12.1 Å². The van der Waals surface area contributed by atoms with Crippen molar-refractivity contribution in [2.75, 3.05) is 31.6 Å². The van der Waals surface area contributed by atoms with Crippen LogP contribution >= 0.6 is 0 Å². The second kappa shape index (κ2) is 18.2. The summed E-state index contributed by atoms with van der Waals surface area (Å²) in [6.07, 6.45) is 12.6. The van der Waals surface area contributed by atoms with E-state index in [0.717, 1.165) is 38.8 Å². The lowest BCUT2D eigenvalue weighted by molar-refractivity contribution is -0.230. The fraction of sp³-hybridized carbons (Fsp3) is 0.771. The smallest absolute Gasteiger partial charge is 0.412 e. The van der Waals surface area contributed by atoms with Crippen molar-refractivity contribution in [2.45, 2.75) is 147 Å². The van der Waals surface area contributed by atoms with E-state index in [9.17, 15) is 9.59 Å². The topological polar surface area (TPSA) is 116 Å². The number of carbonyl (C=O) groups excluding carboxylic acids is 1. The Balaban J connectivity index is 1.35. The van der Waals surface area contributed by atoms with Gasteiger partial charge in [-0.1, -0.05) is 83.3 Å². The molecule has 3 fully saturated rings. The summed E-state index contributed by atoms with van der Waals surface area (Å²) in [7, 11) is 0. The number of carbonyl (C=O) groups is 2. The molecule has 1 amide bonds. The fourth-order valence-corrected chi connectivity index (χ4v) is 6.57. The van der Waals surface area contributed by atoms with E-state index < -0.39 is 48.6 Å². The molecule has 10 heteroatoms. The molecule has 45 heavy (non-hydrogen) atoms. The SMILES string of the molecule is CCCCCCCCCCCCO[C@@H]1[C@H]2OC(C)(C)O[C@H]2O[C@@H]1[C@@H](CN1CCCCC1)OC(=O)Nc1ccc(CC(=O)O)cc1. The molecule has 0 aliphatic carbocycles. The van der Waals surface area contributed by atoms with Crippen LogP contribution in [0.15, 0.2) is 24.3 Å². The van der Waals surface area contributed by atoms with Crippen molar-refractivity contribution in [3.8, 4) is 0 Å². The summed E-state index contributed by atoms with van der Waals surface area (Å²) in [5, 5.41) is 11.8. The maximum absolute atomic E-state index is 13.2. The maximum atomic E-state index is 13.2. The lowest BCUT2D eigenvalue weighted by Gasteiger charge is -2.35. The van der Waals surface area contributed by atoms with Crippen molar-refractivity contribution in [3.05, 3.63) is 29.8 Å². The lowest BCUT2D eigenvalue weighted by atomic mass is 10.0. The Kier molecular flexibility index (Phi) is 14.4. The molecule has 2 N–H and O–H groups in total. The molecule has 1 aromatic rings. The van der Waals surface area contributed by atoms with Crippen molar-refractivity contribution in [1.82, 2.24) is 4.90 Å². The van der Waals surface area contributed by atoms with Crippen LogP contribution in [0.4, 0.5) is 10.5 Å². The van der Waals surface area contributed by atoms with Crippen LogP contribution in [0.5, 0.6) is 0 Å². The number of aliphatic carboxylic acids is 1. The molecule has 0 bridgehead atoms. The zero-order chi connectivity index (χ0) is 32.1. The Labute approximate surface area is 269 Å². The molecular weight excluding hydrogens is 576 g/mol. The molecule has 10 nitrogen and oxygen atoms in total. The minimum absolute atomic E-state index is 0.0779. The average molecular weight is 633 g/mol. The normalized spacial score (nSPS) is 25.1. The first-order chi connectivity index (χ1) is 21.7. The highest BCUT2D eigenvalue weighted by Crippen LogP contribution is 2.40. The van der Waals surface area contributed by atoms with Gasteiger partial charge in [-0.05, 0) is 63.9 Å². The van der Waals surface area contributed by atoms with E-state index in [1.54, 1.807) is 24.3 Å². The number of fused-ring (bicyclic) bond motifs is 1. The zero-order valence-electron chi connectivity index (χ0n) is 27.7. The zero-order valence-corrected chi connectivity index (χ0v) is 27.7. The molecule has 3 heterocycles. The molecule has 0 saturated carbocycles. The predicted molar refractivity (Wildman–Crippen MR) is 172 cm³/mol. The van der Waals surface area contributed by atoms with E-state index in [-0.39, 0.29) is 6.42 Å². The van der Waals surface area contributed by atoms with Gasteiger partial charge in [-0.15, -0.1) is 0 Å². The monoisotopic (exact) mass is 632 g/mol. The Hall–Kier alpha value is -2.24. The van der Waals surface area contributed by atoms with E-state index in [1.165, 1.54) is 57.8 Å². The first-order valence-corrected chi connectivity index (χ1v) is 17.4. The summed E-state index contributed by atoms with van der Waals surface area (Å²) in [6.45, 7) is 8.99. The van der Waals surface area contributed by atoms with Gasteiger partial charge in [0.1, 0.15) is 24.4 Å². The molecule has 0 radical (unpaired) electrons. The number of carboxylic acids is 1. The van der Waals surface area contributed by atoms with Crippen molar-refractivity contribution in [1.29, 1.82) is 0 Å². The number of hydrogen-bond acceptors (Lipinski definition) is 8. The summed E-state index contributed by atoms with van der Waals surface area (Å²) in [5.41, 5.74) is 1.18. The van der Waals surface area contributed by atoms with Gasteiger partial charge in [0.05, 0.1) is 6.42 Å². The van der Waals surface area contributed by atoms with E-state index in [4.69, 9.17) is 28.8 Å². The first kappa shape index (κ1) is 35.6. The summed E-state index contributed by atoms with van der Waals surface area (Å²) in [5.74, 6) is -1.69. The van der Waals surface area contributed by atoms with Crippen LogP contribution < -0.4 is 5.32 Å². The molecule has 0 unspecified atom stereocenters. The molecule has 3 aliphatic rings. The van der Waals surface area contributed by atoms with E-state index in [1.807, 2.05) is 13.8 Å². The molecule has 5 atom stereocenters. The van der Waals surface area contributed by atoms with Crippen LogP contribution in [-0.4, -0.2) is 84.8 Å². The highest BCUT2D eigenvalue weighted by molar-refractivity contribution is 5.84. The first-order valence-electron chi connectivity index (χ1n) is 17.4. The molecule has 4 rings (SSSR count). The third-order valence-electron chi connectivity index (χ3n) is 8.90. The van der Waals surface area contributed by atoms with Crippen molar-refractivity contribution in [2.24, 2.45) is 0 Å². The van der Waals surface area contributed by atoms with Crippen molar-refractivity contribution < 1.29 is 38.4 Å².